The summed E-state index contributed by atoms with van der Waals surface area (Å²) in [5, 5.41) is 6.34. The zero-order chi connectivity index (χ0) is 13.1. The van der Waals surface area contributed by atoms with Gasteiger partial charge in [0.15, 0.2) is 0 Å². The second kappa shape index (κ2) is 5.72. The van der Waals surface area contributed by atoms with E-state index in [1.807, 2.05) is 0 Å². The molecule has 2 N–H and O–H groups in total. The van der Waals surface area contributed by atoms with Crippen molar-refractivity contribution in [3.05, 3.63) is 0 Å². The predicted molar refractivity (Wildman–Crippen MR) is 77.0 cm³/mol. The molecule has 0 radical (unpaired) electrons. The van der Waals surface area contributed by atoms with Crippen LogP contribution in [-0.4, -0.2) is 18.6 Å². The minimum Gasteiger partial charge on any atom is -0.338 e. The van der Waals surface area contributed by atoms with Crippen LogP contribution in [0.3, 0.4) is 0 Å². The van der Waals surface area contributed by atoms with E-state index in [0.29, 0.717) is 11.5 Å². The maximum atomic E-state index is 12.0. The van der Waals surface area contributed by atoms with Crippen molar-refractivity contribution in [2.75, 3.05) is 6.54 Å². The Morgan fingerprint density at radius 2 is 1.58 bits per heavy atom. The largest absolute Gasteiger partial charge is 0.338 e. The zero-order valence-electron chi connectivity index (χ0n) is 12.0. The van der Waals surface area contributed by atoms with E-state index >= 15 is 0 Å². The smallest absolute Gasteiger partial charge is 0.315 e. The van der Waals surface area contributed by atoms with Gasteiger partial charge in [0.25, 0.3) is 0 Å². The highest BCUT2D eigenvalue weighted by atomic mass is 16.2. The van der Waals surface area contributed by atoms with Gasteiger partial charge in [0.2, 0.25) is 0 Å². The first-order valence-corrected chi connectivity index (χ1v) is 8.33. The Balaban J connectivity index is 1.37. The molecule has 2 amide bonds. The summed E-state index contributed by atoms with van der Waals surface area (Å²) < 4.78 is 0. The summed E-state index contributed by atoms with van der Waals surface area (Å²) in [6.45, 7) is 0.913. The average molecular weight is 264 g/mol. The first-order chi connectivity index (χ1) is 9.28. The van der Waals surface area contributed by atoms with Crippen LogP contribution >= 0.6 is 0 Å². The van der Waals surface area contributed by atoms with Crippen LogP contribution in [0.15, 0.2) is 0 Å². The van der Waals surface area contributed by atoms with Gasteiger partial charge >= 0.3 is 6.03 Å². The van der Waals surface area contributed by atoms with Crippen molar-refractivity contribution in [1.82, 2.24) is 10.6 Å². The summed E-state index contributed by atoms with van der Waals surface area (Å²) >= 11 is 0. The average Bonchev–Trinajstić information content (AvgIpc) is 3.24. The fourth-order valence-corrected chi connectivity index (χ4v) is 3.68. The molecule has 3 fully saturated rings. The lowest BCUT2D eigenvalue weighted by molar-refractivity contribution is 0.230. The molecule has 3 rings (SSSR count). The van der Waals surface area contributed by atoms with E-state index in [1.165, 1.54) is 70.6 Å². The van der Waals surface area contributed by atoms with E-state index in [2.05, 4.69) is 10.6 Å². The zero-order valence-corrected chi connectivity index (χ0v) is 12.0. The van der Waals surface area contributed by atoms with Crippen molar-refractivity contribution < 1.29 is 4.79 Å². The molecule has 0 bridgehead atoms. The Morgan fingerprint density at radius 3 is 2.16 bits per heavy atom. The first kappa shape index (κ1) is 13.3. The van der Waals surface area contributed by atoms with Crippen LogP contribution in [0.1, 0.15) is 70.6 Å². The maximum absolute atomic E-state index is 12.0. The normalized spacial score (nSPS) is 27.2. The Hall–Kier alpha value is -0.730. The van der Waals surface area contributed by atoms with Crippen LogP contribution in [0.2, 0.25) is 0 Å². The van der Waals surface area contributed by atoms with Gasteiger partial charge in [0, 0.05) is 12.6 Å². The number of urea groups is 1. The summed E-state index contributed by atoms with van der Waals surface area (Å²) in [6.07, 6.45) is 14.4. The number of hydrogen-bond donors (Lipinski definition) is 2. The van der Waals surface area contributed by atoms with Crippen molar-refractivity contribution >= 4 is 6.03 Å². The molecule has 3 aliphatic rings. The highest BCUT2D eigenvalue weighted by molar-refractivity contribution is 5.74. The fourth-order valence-electron chi connectivity index (χ4n) is 3.68. The quantitative estimate of drug-likeness (QED) is 0.800. The summed E-state index contributed by atoms with van der Waals surface area (Å²) in [5.41, 5.74) is 0.512. The molecule has 3 aliphatic carbocycles. The van der Waals surface area contributed by atoms with Gasteiger partial charge in [0.1, 0.15) is 0 Å². The molecule has 0 spiro atoms. The van der Waals surface area contributed by atoms with E-state index < -0.39 is 0 Å². The topological polar surface area (TPSA) is 41.1 Å². The Morgan fingerprint density at radius 1 is 0.947 bits per heavy atom. The highest BCUT2D eigenvalue weighted by Gasteiger charge is 2.53. The minimum absolute atomic E-state index is 0.0810. The SMILES string of the molecule is O=C(NCC1(C2CC2)CC1)NC1CCCCCCC1. The van der Waals surface area contributed by atoms with Gasteiger partial charge in [-0.2, -0.15) is 0 Å². The number of carbonyl (C=O) groups excluding carboxylic acids is 1. The Bertz CT molecular complexity index is 313. The molecular formula is C16H28N2O. The lowest BCUT2D eigenvalue weighted by Gasteiger charge is -2.22. The van der Waals surface area contributed by atoms with E-state index in [4.69, 9.17) is 0 Å². The minimum atomic E-state index is 0.0810. The predicted octanol–water partition coefficient (Wildman–Crippen LogP) is 3.59. The first-order valence-electron chi connectivity index (χ1n) is 8.33. The second-order valence-electron chi connectivity index (χ2n) is 7.01. The fraction of sp³-hybridized carbons (Fsp3) is 0.938. The third-order valence-electron chi connectivity index (χ3n) is 5.38. The molecule has 19 heavy (non-hydrogen) atoms. The Labute approximate surface area is 116 Å². The van der Waals surface area contributed by atoms with E-state index in [0.717, 1.165) is 12.5 Å². The number of carbonyl (C=O) groups is 1. The summed E-state index contributed by atoms with van der Waals surface area (Å²) in [6, 6.07) is 0.494. The van der Waals surface area contributed by atoms with Crippen molar-refractivity contribution in [3.63, 3.8) is 0 Å². The van der Waals surface area contributed by atoms with Crippen LogP contribution in [-0.2, 0) is 0 Å². The highest BCUT2D eigenvalue weighted by Crippen LogP contribution is 2.60. The molecule has 0 aromatic rings. The lowest BCUT2D eigenvalue weighted by Crippen LogP contribution is -2.44. The molecule has 3 saturated carbocycles. The van der Waals surface area contributed by atoms with Crippen molar-refractivity contribution in [1.29, 1.82) is 0 Å². The Kier molecular flexibility index (Phi) is 3.99. The molecule has 0 aromatic heterocycles. The molecule has 0 aromatic carbocycles. The maximum Gasteiger partial charge on any atom is 0.315 e. The second-order valence-corrected chi connectivity index (χ2v) is 7.01. The van der Waals surface area contributed by atoms with Crippen molar-refractivity contribution in [2.45, 2.75) is 76.7 Å². The number of nitrogens with one attached hydrogen (secondary N) is 2. The molecule has 108 valence electrons. The molecule has 3 nitrogen and oxygen atoms in total. The summed E-state index contributed by atoms with van der Waals surface area (Å²) in [5.74, 6) is 0.925. The third kappa shape index (κ3) is 3.64. The van der Waals surface area contributed by atoms with Gasteiger partial charge in [-0.3, -0.25) is 0 Å². The van der Waals surface area contributed by atoms with Crippen molar-refractivity contribution in [3.8, 4) is 0 Å². The summed E-state index contributed by atoms with van der Waals surface area (Å²) in [7, 11) is 0. The number of rotatable bonds is 4. The van der Waals surface area contributed by atoms with E-state index in [9.17, 15) is 4.79 Å². The third-order valence-corrected chi connectivity index (χ3v) is 5.38. The van der Waals surface area contributed by atoms with Crippen LogP contribution in [0, 0.1) is 11.3 Å². The van der Waals surface area contributed by atoms with Gasteiger partial charge in [-0.15, -0.1) is 0 Å². The van der Waals surface area contributed by atoms with Gasteiger partial charge < -0.3 is 10.6 Å². The molecule has 0 saturated heterocycles. The van der Waals surface area contributed by atoms with Gasteiger partial charge in [-0.05, 0) is 49.9 Å². The molecule has 0 atom stereocenters. The monoisotopic (exact) mass is 264 g/mol. The summed E-state index contributed by atoms with van der Waals surface area (Å²) in [4.78, 5) is 12.0. The molecule has 0 heterocycles. The van der Waals surface area contributed by atoms with Crippen LogP contribution in [0.25, 0.3) is 0 Å². The number of hydrogen-bond acceptors (Lipinski definition) is 1. The van der Waals surface area contributed by atoms with Crippen LogP contribution < -0.4 is 10.6 Å². The standard InChI is InChI=1S/C16H28N2O/c19-15(17-12-16(10-11-16)13-8-9-13)18-14-6-4-2-1-3-5-7-14/h13-14H,1-12H2,(H2,17,18,19). The molecule has 3 heteroatoms. The van der Waals surface area contributed by atoms with Crippen LogP contribution in [0.5, 0.6) is 0 Å². The molecular weight excluding hydrogens is 236 g/mol. The van der Waals surface area contributed by atoms with Gasteiger partial charge in [0.05, 0.1) is 0 Å². The number of amides is 2. The van der Waals surface area contributed by atoms with E-state index in [1.54, 1.807) is 0 Å². The lowest BCUT2D eigenvalue weighted by atomic mass is 9.97. The van der Waals surface area contributed by atoms with Gasteiger partial charge in [-0.1, -0.05) is 32.1 Å². The van der Waals surface area contributed by atoms with E-state index in [-0.39, 0.29) is 6.03 Å². The van der Waals surface area contributed by atoms with Crippen molar-refractivity contribution in [2.24, 2.45) is 11.3 Å². The molecule has 0 unspecified atom stereocenters. The van der Waals surface area contributed by atoms with Gasteiger partial charge in [-0.25, -0.2) is 4.79 Å². The molecule has 0 aliphatic heterocycles. The van der Waals surface area contributed by atoms with Crippen LogP contribution in [0.4, 0.5) is 4.79 Å².